The van der Waals surface area contributed by atoms with Crippen molar-refractivity contribution in [3.8, 4) is 0 Å². The number of rotatable bonds is 2. The molecule has 0 bridgehead atoms. The van der Waals surface area contributed by atoms with Gasteiger partial charge in [0.15, 0.2) is 0 Å². The van der Waals surface area contributed by atoms with Crippen LogP contribution >= 0.6 is 0 Å². The molecule has 0 heterocycles. The van der Waals surface area contributed by atoms with Crippen LogP contribution in [0.4, 0.5) is 0 Å². The van der Waals surface area contributed by atoms with Crippen molar-refractivity contribution in [2.75, 3.05) is 0 Å². The van der Waals surface area contributed by atoms with Crippen molar-refractivity contribution in [3.63, 3.8) is 0 Å². The molecule has 0 aliphatic rings. The molecule has 9 heavy (non-hydrogen) atoms. The first-order valence-corrected chi connectivity index (χ1v) is 9.18. The molecule has 0 saturated carbocycles. The first-order chi connectivity index (χ1) is 3.89. The van der Waals surface area contributed by atoms with Crippen LogP contribution in [0.15, 0.2) is 0 Å². The first kappa shape index (κ1) is 9.29. The quantitative estimate of drug-likeness (QED) is 0.743. The van der Waals surface area contributed by atoms with Crippen LogP contribution in [0.3, 0.4) is 0 Å². The molecular weight excluding hydrogens is 226 g/mol. The van der Waals surface area contributed by atoms with Gasteiger partial charge >= 0.3 is 63.0 Å². The fourth-order valence-electron chi connectivity index (χ4n) is 0.191. The SMILES string of the molecule is [CH3][Sb]([CH3])[C](C)(C)C(=O)O. The minimum atomic E-state index is -1.43. The fourth-order valence-corrected chi connectivity index (χ4v) is 1.28. The Bertz CT molecular complexity index is 118. The third-order valence-electron chi connectivity index (χ3n) is 1.64. The molecule has 3 heteroatoms. The van der Waals surface area contributed by atoms with E-state index < -0.39 is 29.5 Å². The van der Waals surface area contributed by atoms with Gasteiger partial charge in [-0.2, -0.15) is 0 Å². The average molecular weight is 239 g/mol. The Labute approximate surface area is 63.2 Å². The molecule has 0 rings (SSSR count). The standard InChI is InChI=1S/C4H7O2.2CH3.Sb/c1-3(2)4(5)6;;;/h1-2H3,(H,5,6);2*1H3;. The van der Waals surface area contributed by atoms with Crippen LogP contribution in [0.2, 0.25) is 13.1 Å². The zero-order valence-electron chi connectivity index (χ0n) is 6.30. The van der Waals surface area contributed by atoms with Gasteiger partial charge in [-0.15, -0.1) is 0 Å². The molecule has 0 aromatic rings. The summed E-state index contributed by atoms with van der Waals surface area (Å²) in [5.74, 6) is -0.643. The first-order valence-electron chi connectivity index (χ1n) is 2.80. The van der Waals surface area contributed by atoms with Crippen molar-refractivity contribution in [1.82, 2.24) is 0 Å². The van der Waals surface area contributed by atoms with Crippen LogP contribution in [-0.2, 0) is 4.79 Å². The van der Waals surface area contributed by atoms with Crippen molar-refractivity contribution in [3.05, 3.63) is 0 Å². The fraction of sp³-hybridized carbons (Fsp3) is 0.833. The molecule has 0 spiro atoms. The second-order valence-electron chi connectivity index (χ2n) is 2.76. The third kappa shape index (κ3) is 2.17. The van der Waals surface area contributed by atoms with E-state index >= 15 is 0 Å². The molecule has 54 valence electrons. The van der Waals surface area contributed by atoms with Crippen molar-refractivity contribution in [2.24, 2.45) is 0 Å². The Morgan fingerprint density at radius 2 is 1.78 bits per heavy atom. The topological polar surface area (TPSA) is 37.3 Å². The average Bonchev–Trinajstić information content (AvgIpc) is 1.65. The van der Waals surface area contributed by atoms with Gasteiger partial charge in [-0.05, 0) is 0 Å². The molecule has 0 aromatic carbocycles. The van der Waals surface area contributed by atoms with E-state index in [-0.39, 0.29) is 0 Å². The molecule has 0 aromatic heterocycles. The number of carbonyl (C=O) groups is 1. The van der Waals surface area contributed by atoms with E-state index in [9.17, 15) is 4.79 Å². The van der Waals surface area contributed by atoms with Crippen LogP contribution in [0.1, 0.15) is 13.8 Å². The van der Waals surface area contributed by atoms with Crippen molar-refractivity contribution in [1.29, 1.82) is 0 Å². The Morgan fingerprint density at radius 1 is 1.44 bits per heavy atom. The maximum atomic E-state index is 10.5. The molecule has 0 saturated heterocycles. The van der Waals surface area contributed by atoms with Crippen LogP contribution in [0, 0.1) is 0 Å². The summed E-state index contributed by atoms with van der Waals surface area (Å²) in [4.78, 5) is 14.7. The van der Waals surface area contributed by atoms with E-state index in [0.29, 0.717) is 0 Å². The van der Waals surface area contributed by atoms with Gasteiger partial charge in [0.25, 0.3) is 0 Å². The number of hydrogen-bond donors (Lipinski definition) is 1. The van der Waals surface area contributed by atoms with E-state index in [1.165, 1.54) is 0 Å². The van der Waals surface area contributed by atoms with Crippen LogP contribution < -0.4 is 0 Å². The number of aliphatic carboxylic acids is 1. The summed E-state index contributed by atoms with van der Waals surface area (Å²) in [5.41, 5.74) is 0. The number of carboxylic acid groups (broad SMARTS) is 1. The number of carboxylic acids is 1. The van der Waals surface area contributed by atoms with Crippen LogP contribution in [-0.4, -0.2) is 31.3 Å². The summed E-state index contributed by atoms with van der Waals surface area (Å²) < 4.78 is -0.400. The van der Waals surface area contributed by atoms with E-state index in [2.05, 4.69) is 9.74 Å². The summed E-state index contributed by atoms with van der Waals surface area (Å²) in [6.45, 7) is 3.64. The van der Waals surface area contributed by atoms with Gasteiger partial charge in [0.2, 0.25) is 0 Å². The van der Waals surface area contributed by atoms with Gasteiger partial charge in [0, 0.05) is 0 Å². The summed E-state index contributed by atoms with van der Waals surface area (Å²) in [5, 5.41) is 8.66. The van der Waals surface area contributed by atoms with E-state index in [1.807, 2.05) is 13.8 Å². The maximum absolute atomic E-state index is 10.5. The minimum absolute atomic E-state index is 0.400. The zero-order chi connectivity index (χ0) is 7.65. The third-order valence-corrected chi connectivity index (χ3v) is 8.57. The summed E-state index contributed by atoms with van der Waals surface area (Å²) in [7, 11) is 0. The van der Waals surface area contributed by atoms with Gasteiger partial charge in [0.05, 0.1) is 0 Å². The summed E-state index contributed by atoms with van der Waals surface area (Å²) >= 11 is -1.43. The Morgan fingerprint density at radius 3 is 1.78 bits per heavy atom. The number of hydrogen-bond acceptors (Lipinski definition) is 1. The predicted molar refractivity (Wildman–Crippen MR) is 39.2 cm³/mol. The zero-order valence-corrected chi connectivity index (χ0v) is 8.86. The monoisotopic (exact) mass is 238 g/mol. The molecule has 0 atom stereocenters. The molecule has 0 aliphatic heterocycles. The van der Waals surface area contributed by atoms with Gasteiger partial charge < -0.3 is 0 Å². The molecule has 0 aliphatic carbocycles. The predicted octanol–water partition coefficient (Wildman–Crippen LogP) is 1.61. The Balaban J connectivity index is 4.19. The molecule has 0 unspecified atom stereocenters. The second kappa shape index (κ2) is 2.92. The summed E-state index contributed by atoms with van der Waals surface area (Å²) in [6.07, 6.45) is 0. The van der Waals surface area contributed by atoms with Crippen molar-refractivity contribution >= 4 is 26.2 Å². The molecule has 0 fully saturated rings. The van der Waals surface area contributed by atoms with Gasteiger partial charge in [-0.3, -0.25) is 0 Å². The van der Waals surface area contributed by atoms with Crippen LogP contribution in [0.5, 0.6) is 0 Å². The van der Waals surface area contributed by atoms with Gasteiger partial charge in [-0.1, -0.05) is 0 Å². The molecule has 2 nitrogen and oxygen atoms in total. The summed E-state index contributed by atoms with van der Waals surface area (Å²) in [6, 6.07) is 0. The normalized spacial score (nSPS) is 12.1. The van der Waals surface area contributed by atoms with Crippen molar-refractivity contribution in [2.45, 2.75) is 26.9 Å². The van der Waals surface area contributed by atoms with E-state index in [1.54, 1.807) is 0 Å². The molecule has 0 amide bonds. The van der Waals surface area contributed by atoms with Crippen molar-refractivity contribution < 1.29 is 9.90 Å². The molecule has 1 N–H and O–H groups in total. The molecular formula is C6H13O2Sb. The van der Waals surface area contributed by atoms with Gasteiger partial charge in [0.1, 0.15) is 0 Å². The Kier molecular flexibility index (Phi) is 3.01. The van der Waals surface area contributed by atoms with E-state index in [4.69, 9.17) is 5.11 Å². The van der Waals surface area contributed by atoms with Crippen LogP contribution in [0.25, 0.3) is 0 Å². The Hall–Kier alpha value is 0.288. The van der Waals surface area contributed by atoms with E-state index in [0.717, 1.165) is 0 Å². The second-order valence-corrected chi connectivity index (χ2v) is 11.1. The van der Waals surface area contributed by atoms with Gasteiger partial charge in [-0.25, -0.2) is 0 Å². The molecule has 0 radical (unpaired) electrons.